The predicted octanol–water partition coefficient (Wildman–Crippen LogP) is 4.00. The average molecular weight is 407 g/mol. The van der Waals surface area contributed by atoms with Crippen LogP contribution in [0, 0.1) is 0 Å². The molecule has 0 amide bonds. The molecule has 3 heterocycles. The van der Waals surface area contributed by atoms with E-state index in [0.717, 1.165) is 15.0 Å². The number of nitrogens with one attached hydrogen (secondary N) is 1. The summed E-state index contributed by atoms with van der Waals surface area (Å²) in [4.78, 5) is 29.6. The van der Waals surface area contributed by atoms with E-state index in [1.165, 1.54) is 17.5 Å². The summed E-state index contributed by atoms with van der Waals surface area (Å²) in [6.45, 7) is 0. The second-order valence-corrected chi connectivity index (χ2v) is 7.61. The number of halogens is 1. The van der Waals surface area contributed by atoms with E-state index >= 15 is 0 Å². The van der Waals surface area contributed by atoms with Crippen LogP contribution in [0.1, 0.15) is 0 Å². The molecule has 28 heavy (non-hydrogen) atoms. The third-order valence-corrected chi connectivity index (χ3v) is 5.97. The molecule has 136 valence electrons. The molecular weight excluding hydrogens is 396 g/mol. The van der Waals surface area contributed by atoms with Crippen molar-refractivity contribution < 1.29 is 0 Å². The van der Waals surface area contributed by atoms with Gasteiger partial charge in [0.2, 0.25) is 0 Å². The smallest absolute Gasteiger partial charge is 0.306 e. The minimum Gasteiger partial charge on any atom is -0.306 e. The van der Waals surface area contributed by atoms with E-state index in [9.17, 15) is 9.59 Å². The van der Waals surface area contributed by atoms with Gasteiger partial charge in [-0.25, -0.2) is 9.36 Å². The van der Waals surface area contributed by atoms with Crippen molar-refractivity contribution >= 4 is 44.1 Å². The van der Waals surface area contributed by atoms with Crippen LogP contribution in [0.2, 0.25) is 5.02 Å². The van der Waals surface area contributed by atoms with E-state index in [-0.39, 0.29) is 0 Å². The summed E-state index contributed by atoms with van der Waals surface area (Å²) >= 11 is 7.58. The summed E-state index contributed by atoms with van der Waals surface area (Å²) in [5, 5.41) is 9.25. The zero-order valence-corrected chi connectivity index (χ0v) is 15.8. The summed E-state index contributed by atoms with van der Waals surface area (Å²) in [6.07, 6.45) is 1.42. The SMILES string of the molecule is O=c1[nH]c2cc(-c3ccccc3Cl)sc2c(=O)n1-c1cnnc2ccccc12. The molecule has 6 nitrogen and oxygen atoms in total. The highest BCUT2D eigenvalue weighted by molar-refractivity contribution is 7.22. The number of H-pyrrole nitrogens is 1. The summed E-state index contributed by atoms with van der Waals surface area (Å²) < 4.78 is 1.54. The Morgan fingerprint density at radius 2 is 1.82 bits per heavy atom. The lowest BCUT2D eigenvalue weighted by molar-refractivity contribution is 0.895. The van der Waals surface area contributed by atoms with E-state index in [4.69, 9.17) is 11.6 Å². The van der Waals surface area contributed by atoms with E-state index in [1.807, 2.05) is 30.3 Å². The molecule has 0 saturated heterocycles. The zero-order valence-electron chi connectivity index (χ0n) is 14.2. The van der Waals surface area contributed by atoms with Crippen LogP contribution >= 0.6 is 22.9 Å². The minimum absolute atomic E-state index is 0.395. The highest BCUT2D eigenvalue weighted by atomic mass is 35.5. The Kier molecular flexibility index (Phi) is 3.85. The van der Waals surface area contributed by atoms with Crippen molar-refractivity contribution in [1.29, 1.82) is 0 Å². The number of aromatic amines is 1. The molecule has 1 N–H and O–H groups in total. The van der Waals surface area contributed by atoms with Gasteiger partial charge in [-0.05, 0) is 18.2 Å². The Morgan fingerprint density at radius 1 is 1.04 bits per heavy atom. The van der Waals surface area contributed by atoms with Gasteiger partial charge >= 0.3 is 5.69 Å². The summed E-state index contributed by atoms with van der Waals surface area (Å²) in [5.41, 5.74) is 1.37. The summed E-state index contributed by atoms with van der Waals surface area (Å²) in [6, 6.07) is 16.4. The number of rotatable bonds is 2. The number of aromatic nitrogens is 4. The van der Waals surface area contributed by atoms with Crippen molar-refractivity contribution in [2.75, 3.05) is 0 Å². The van der Waals surface area contributed by atoms with Gasteiger partial charge in [0.1, 0.15) is 4.70 Å². The van der Waals surface area contributed by atoms with Crippen LogP contribution in [0.5, 0.6) is 0 Å². The standard InChI is InChI=1S/C20H11ClN4O2S/c21-13-7-3-1-5-11(13)17-9-15-18(28-17)19(26)25(20(27)23-15)16-10-22-24-14-8-4-2-6-12(14)16/h1-10H,(H,23,27). The Bertz CT molecular complexity index is 1480. The Balaban J connectivity index is 1.81. The predicted molar refractivity (Wildman–Crippen MR) is 112 cm³/mol. The van der Waals surface area contributed by atoms with Crippen molar-refractivity contribution in [2.45, 2.75) is 0 Å². The van der Waals surface area contributed by atoms with E-state index in [0.29, 0.717) is 31.8 Å². The normalized spacial score (nSPS) is 11.3. The van der Waals surface area contributed by atoms with Crippen LogP contribution in [0.4, 0.5) is 0 Å². The first kappa shape index (κ1) is 16.9. The van der Waals surface area contributed by atoms with Gasteiger partial charge in [0, 0.05) is 20.8 Å². The lowest BCUT2D eigenvalue weighted by Crippen LogP contribution is -2.33. The second kappa shape index (κ2) is 6.40. The largest absolute Gasteiger partial charge is 0.333 e. The zero-order chi connectivity index (χ0) is 19.3. The van der Waals surface area contributed by atoms with Crippen LogP contribution in [-0.4, -0.2) is 19.7 Å². The molecule has 0 aliphatic carbocycles. The summed E-state index contributed by atoms with van der Waals surface area (Å²) in [7, 11) is 0. The van der Waals surface area contributed by atoms with Gasteiger partial charge in [-0.2, -0.15) is 10.2 Å². The molecular formula is C20H11ClN4O2S. The van der Waals surface area contributed by atoms with Gasteiger partial charge in [-0.15, -0.1) is 11.3 Å². The number of benzene rings is 2. The number of fused-ring (bicyclic) bond motifs is 2. The third-order valence-electron chi connectivity index (χ3n) is 4.48. The second-order valence-electron chi connectivity index (χ2n) is 6.15. The molecule has 8 heteroatoms. The molecule has 3 aromatic heterocycles. The maximum absolute atomic E-state index is 13.2. The first-order chi connectivity index (χ1) is 13.6. The molecule has 0 atom stereocenters. The molecule has 0 radical (unpaired) electrons. The maximum Gasteiger partial charge on any atom is 0.333 e. The molecule has 0 bridgehead atoms. The molecule has 0 aliphatic rings. The van der Waals surface area contributed by atoms with Crippen LogP contribution < -0.4 is 11.2 Å². The Morgan fingerprint density at radius 3 is 2.68 bits per heavy atom. The monoisotopic (exact) mass is 406 g/mol. The van der Waals surface area contributed by atoms with Crippen molar-refractivity contribution in [3.05, 3.63) is 86.7 Å². The van der Waals surface area contributed by atoms with Crippen molar-refractivity contribution in [3.63, 3.8) is 0 Å². The van der Waals surface area contributed by atoms with E-state index < -0.39 is 11.2 Å². The molecule has 2 aromatic carbocycles. The molecule has 0 aliphatic heterocycles. The summed E-state index contributed by atoms with van der Waals surface area (Å²) in [5.74, 6) is 0. The van der Waals surface area contributed by atoms with Gasteiger partial charge in [-0.3, -0.25) is 4.79 Å². The van der Waals surface area contributed by atoms with Gasteiger partial charge < -0.3 is 4.98 Å². The lowest BCUT2D eigenvalue weighted by atomic mass is 10.2. The molecule has 0 spiro atoms. The first-order valence-electron chi connectivity index (χ1n) is 8.38. The third kappa shape index (κ3) is 2.56. The lowest BCUT2D eigenvalue weighted by Gasteiger charge is -2.07. The highest BCUT2D eigenvalue weighted by Gasteiger charge is 2.16. The number of hydrogen-bond donors (Lipinski definition) is 1. The van der Waals surface area contributed by atoms with Gasteiger partial charge in [0.25, 0.3) is 5.56 Å². The molecule has 0 fully saturated rings. The first-order valence-corrected chi connectivity index (χ1v) is 9.57. The molecule has 5 rings (SSSR count). The number of nitrogens with zero attached hydrogens (tertiary/aromatic N) is 3. The Hall–Kier alpha value is -3.29. The Labute approximate surface area is 166 Å². The van der Waals surface area contributed by atoms with Gasteiger partial charge in [-0.1, -0.05) is 48.0 Å². The number of thiophene rings is 1. The maximum atomic E-state index is 13.2. The molecule has 0 saturated carbocycles. The topological polar surface area (TPSA) is 80.6 Å². The minimum atomic E-state index is -0.529. The highest BCUT2D eigenvalue weighted by Crippen LogP contribution is 2.34. The number of hydrogen-bond acceptors (Lipinski definition) is 5. The average Bonchev–Trinajstić information content (AvgIpc) is 3.12. The fourth-order valence-corrected chi connectivity index (χ4v) is 4.57. The molecule has 0 unspecified atom stereocenters. The van der Waals surface area contributed by atoms with Crippen LogP contribution in [0.15, 0.2) is 70.4 Å². The van der Waals surface area contributed by atoms with Crippen molar-refractivity contribution in [2.24, 2.45) is 0 Å². The van der Waals surface area contributed by atoms with Crippen molar-refractivity contribution in [1.82, 2.24) is 19.7 Å². The van der Waals surface area contributed by atoms with Crippen LogP contribution in [-0.2, 0) is 0 Å². The quantitative estimate of drug-likeness (QED) is 0.480. The van der Waals surface area contributed by atoms with E-state index in [1.54, 1.807) is 24.3 Å². The van der Waals surface area contributed by atoms with Crippen molar-refractivity contribution in [3.8, 4) is 16.1 Å². The molecule has 5 aromatic rings. The fraction of sp³-hybridized carbons (Fsp3) is 0. The van der Waals surface area contributed by atoms with Gasteiger partial charge in [0.05, 0.1) is 22.9 Å². The van der Waals surface area contributed by atoms with Crippen LogP contribution in [0.25, 0.3) is 37.2 Å². The fourth-order valence-electron chi connectivity index (χ4n) is 3.19. The van der Waals surface area contributed by atoms with E-state index in [2.05, 4.69) is 15.2 Å². The van der Waals surface area contributed by atoms with Crippen LogP contribution in [0.3, 0.4) is 0 Å². The van der Waals surface area contributed by atoms with Gasteiger partial charge in [0.15, 0.2) is 0 Å².